The van der Waals surface area contributed by atoms with E-state index in [-0.39, 0.29) is 24.4 Å². The summed E-state index contributed by atoms with van der Waals surface area (Å²) >= 11 is 12.5. The molecule has 5 nitrogen and oxygen atoms in total. The molecule has 2 heterocycles. The molecule has 1 atom stereocenters. The van der Waals surface area contributed by atoms with Gasteiger partial charge in [-0.1, -0.05) is 53.5 Å². The van der Waals surface area contributed by atoms with Crippen LogP contribution in [-0.2, 0) is 11.3 Å². The predicted molar refractivity (Wildman–Crippen MR) is 113 cm³/mol. The lowest BCUT2D eigenvalue weighted by molar-refractivity contribution is -0.132. The van der Waals surface area contributed by atoms with Crippen molar-refractivity contribution in [2.24, 2.45) is 0 Å². The van der Waals surface area contributed by atoms with Gasteiger partial charge in [-0.05, 0) is 35.9 Å². The van der Waals surface area contributed by atoms with Crippen LogP contribution in [0.5, 0.6) is 0 Å². The van der Waals surface area contributed by atoms with Gasteiger partial charge in [0.1, 0.15) is 0 Å². The molecule has 4 rings (SSSR count). The minimum Gasteiger partial charge on any atom is -0.348 e. The van der Waals surface area contributed by atoms with Gasteiger partial charge in [0.15, 0.2) is 0 Å². The smallest absolute Gasteiger partial charge is 0.253 e. The van der Waals surface area contributed by atoms with E-state index in [1.54, 1.807) is 29.2 Å². The zero-order valence-electron chi connectivity index (χ0n) is 15.5. The van der Waals surface area contributed by atoms with E-state index in [0.29, 0.717) is 28.7 Å². The predicted octanol–water partition coefficient (Wildman–Crippen LogP) is 4.16. The number of nitrogens with zero attached hydrogens (tertiary/aromatic N) is 2. The molecule has 0 saturated carbocycles. The van der Waals surface area contributed by atoms with Gasteiger partial charge in [-0.25, -0.2) is 0 Å². The van der Waals surface area contributed by atoms with Crippen LogP contribution in [-0.4, -0.2) is 34.4 Å². The first kappa shape index (κ1) is 19.6. The van der Waals surface area contributed by atoms with Gasteiger partial charge in [0.05, 0.1) is 23.2 Å². The lowest BCUT2D eigenvalue weighted by Gasteiger charge is -2.37. The monoisotopic (exact) mass is 427 g/mol. The molecule has 2 amide bonds. The molecule has 29 heavy (non-hydrogen) atoms. The van der Waals surface area contributed by atoms with Gasteiger partial charge in [0, 0.05) is 30.0 Å². The van der Waals surface area contributed by atoms with Crippen LogP contribution in [0, 0.1) is 0 Å². The molecule has 1 aromatic heterocycles. The third kappa shape index (κ3) is 3.88. The zero-order valence-corrected chi connectivity index (χ0v) is 17.0. The van der Waals surface area contributed by atoms with Gasteiger partial charge in [-0.2, -0.15) is 0 Å². The number of carbonyl (C=O) groups excluding carboxylic acids is 2. The number of rotatable bonds is 4. The van der Waals surface area contributed by atoms with Crippen molar-refractivity contribution in [3.8, 4) is 0 Å². The molecule has 1 unspecified atom stereocenters. The summed E-state index contributed by atoms with van der Waals surface area (Å²) in [5.74, 6) is -0.554. The summed E-state index contributed by atoms with van der Waals surface area (Å²) in [7, 11) is 0. The highest BCUT2D eigenvalue weighted by Crippen LogP contribution is 2.35. The highest BCUT2D eigenvalue weighted by atomic mass is 35.5. The maximum absolute atomic E-state index is 13.1. The Bertz CT molecular complexity index is 1060. The van der Waals surface area contributed by atoms with Crippen molar-refractivity contribution in [2.45, 2.75) is 12.6 Å². The first-order valence-electron chi connectivity index (χ1n) is 9.28. The minimum absolute atomic E-state index is 0.119. The van der Waals surface area contributed by atoms with Gasteiger partial charge in [0.2, 0.25) is 5.91 Å². The van der Waals surface area contributed by atoms with E-state index < -0.39 is 0 Å². The van der Waals surface area contributed by atoms with Crippen LogP contribution in [0.4, 0.5) is 0 Å². The van der Waals surface area contributed by atoms with Crippen LogP contribution >= 0.6 is 23.2 Å². The number of hydrogen-bond acceptors (Lipinski definition) is 2. The van der Waals surface area contributed by atoms with Crippen molar-refractivity contribution in [3.63, 3.8) is 0 Å². The van der Waals surface area contributed by atoms with Crippen LogP contribution < -0.4 is 5.32 Å². The number of fused-ring (bicyclic) bond motifs is 1. The number of halogens is 2. The molecule has 0 spiro atoms. The fraction of sp³-hybridized carbons (Fsp3) is 0.182. The quantitative estimate of drug-likeness (QED) is 0.679. The van der Waals surface area contributed by atoms with Crippen molar-refractivity contribution in [2.75, 3.05) is 13.1 Å². The van der Waals surface area contributed by atoms with E-state index in [1.807, 2.05) is 42.6 Å². The highest BCUT2D eigenvalue weighted by Gasteiger charge is 2.33. The van der Waals surface area contributed by atoms with E-state index in [0.717, 1.165) is 11.3 Å². The second kappa shape index (κ2) is 8.31. The zero-order chi connectivity index (χ0) is 20.4. The van der Waals surface area contributed by atoms with Crippen molar-refractivity contribution in [1.82, 2.24) is 14.8 Å². The van der Waals surface area contributed by atoms with Crippen LogP contribution in [0.1, 0.15) is 27.7 Å². The van der Waals surface area contributed by atoms with Crippen molar-refractivity contribution in [1.29, 1.82) is 0 Å². The summed E-state index contributed by atoms with van der Waals surface area (Å²) in [5.41, 5.74) is 2.20. The molecule has 1 aliphatic heterocycles. The summed E-state index contributed by atoms with van der Waals surface area (Å²) in [6.45, 7) is 1.09. The van der Waals surface area contributed by atoms with Gasteiger partial charge in [-0.15, -0.1) is 0 Å². The number of hydrogen-bond donors (Lipinski definition) is 1. The molecule has 0 aliphatic carbocycles. The fourth-order valence-corrected chi connectivity index (χ4v) is 4.13. The van der Waals surface area contributed by atoms with E-state index in [4.69, 9.17) is 23.2 Å². The van der Waals surface area contributed by atoms with Gasteiger partial charge in [0.25, 0.3) is 5.91 Å². The number of benzene rings is 2. The summed E-state index contributed by atoms with van der Waals surface area (Å²) in [4.78, 5) is 27.3. The van der Waals surface area contributed by atoms with Gasteiger partial charge in [-0.3, -0.25) is 9.59 Å². The standard InChI is InChI=1S/C22H19Cl2N3O2/c23-17-8-3-1-6-15(17)21-19-10-5-11-26(19)12-13-27(21)20(28)14-25-22(29)16-7-2-4-9-18(16)24/h1-11,21H,12-14H2,(H,25,29). The molecule has 0 saturated heterocycles. The van der Waals surface area contributed by atoms with E-state index in [9.17, 15) is 9.59 Å². The summed E-state index contributed by atoms with van der Waals surface area (Å²) in [6, 6.07) is 17.9. The minimum atomic E-state index is -0.376. The first-order chi connectivity index (χ1) is 14.1. The molecule has 0 radical (unpaired) electrons. The lowest BCUT2D eigenvalue weighted by atomic mass is 9.99. The third-order valence-corrected chi connectivity index (χ3v) is 5.75. The number of aromatic nitrogens is 1. The average molecular weight is 428 g/mol. The highest BCUT2D eigenvalue weighted by molar-refractivity contribution is 6.33. The number of nitrogens with one attached hydrogen (secondary N) is 1. The Morgan fingerprint density at radius 1 is 0.931 bits per heavy atom. The molecule has 1 N–H and O–H groups in total. The van der Waals surface area contributed by atoms with Crippen LogP contribution in [0.25, 0.3) is 0 Å². The number of carbonyl (C=O) groups is 2. The van der Waals surface area contributed by atoms with Crippen molar-refractivity contribution < 1.29 is 9.59 Å². The Morgan fingerprint density at radius 2 is 1.66 bits per heavy atom. The molecule has 7 heteroatoms. The molecular weight excluding hydrogens is 409 g/mol. The van der Waals surface area contributed by atoms with Crippen molar-refractivity contribution in [3.05, 3.63) is 93.7 Å². The maximum atomic E-state index is 13.1. The Morgan fingerprint density at radius 3 is 2.41 bits per heavy atom. The SMILES string of the molecule is O=C(NCC(=O)N1CCn2cccc2C1c1ccccc1Cl)c1ccccc1Cl. The molecule has 1 aliphatic rings. The van der Waals surface area contributed by atoms with Crippen LogP contribution in [0.3, 0.4) is 0 Å². The van der Waals surface area contributed by atoms with Crippen LogP contribution in [0.15, 0.2) is 66.9 Å². The molecule has 2 aromatic carbocycles. The second-order valence-electron chi connectivity index (χ2n) is 6.80. The second-order valence-corrected chi connectivity index (χ2v) is 7.61. The summed E-state index contributed by atoms with van der Waals surface area (Å²) in [6.07, 6.45) is 2.00. The molecule has 3 aromatic rings. The molecule has 0 bridgehead atoms. The molecule has 148 valence electrons. The van der Waals surface area contributed by atoms with E-state index in [2.05, 4.69) is 9.88 Å². The Balaban J connectivity index is 1.56. The van der Waals surface area contributed by atoms with Gasteiger partial charge < -0.3 is 14.8 Å². The molecular formula is C22H19Cl2N3O2. The van der Waals surface area contributed by atoms with Gasteiger partial charge >= 0.3 is 0 Å². The average Bonchev–Trinajstić information content (AvgIpc) is 3.21. The maximum Gasteiger partial charge on any atom is 0.253 e. The Kier molecular flexibility index (Phi) is 5.60. The Hall–Kier alpha value is -2.76. The van der Waals surface area contributed by atoms with E-state index >= 15 is 0 Å². The first-order valence-corrected chi connectivity index (χ1v) is 10.0. The summed E-state index contributed by atoms with van der Waals surface area (Å²) in [5, 5.41) is 3.64. The molecule has 0 fully saturated rings. The topological polar surface area (TPSA) is 54.3 Å². The van der Waals surface area contributed by atoms with E-state index in [1.165, 1.54) is 0 Å². The third-order valence-electron chi connectivity index (χ3n) is 5.08. The number of amides is 2. The fourth-order valence-electron chi connectivity index (χ4n) is 3.67. The lowest BCUT2D eigenvalue weighted by Crippen LogP contribution is -2.46. The van der Waals surface area contributed by atoms with Crippen LogP contribution in [0.2, 0.25) is 10.0 Å². The normalized spacial score (nSPS) is 15.7. The largest absolute Gasteiger partial charge is 0.348 e. The Labute approximate surface area is 178 Å². The summed E-state index contributed by atoms with van der Waals surface area (Å²) < 4.78 is 2.13. The van der Waals surface area contributed by atoms with Crippen molar-refractivity contribution >= 4 is 35.0 Å².